The number of benzene rings is 1. The second-order valence-electron chi connectivity index (χ2n) is 4.73. The number of nitrogens with zero attached hydrogens (tertiary/aromatic N) is 2. The average molecular weight is 261 g/mol. The zero-order valence-corrected chi connectivity index (χ0v) is 11.2. The number of phenols is 2. The first-order chi connectivity index (χ1) is 9.04. The molecule has 1 atom stereocenters. The van der Waals surface area contributed by atoms with Crippen LogP contribution < -0.4 is 5.32 Å². The Morgan fingerprint density at radius 2 is 1.95 bits per heavy atom. The Bertz CT molecular complexity index is 531. The molecule has 0 aliphatic carbocycles. The van der Waals surface area contributed by atoms with Gasteiger partial charge in [0.1, 0.15) is 11.5 Å². The van der Waals surface area contributed by atoms with Gasteiger partial charge in [-0.3, -0.25) is 4.68 Å². The second kappa shape index (κ2) is 5.75. The maximum atomic E-state index is 9.45. The van der Waals surface area contributed by atoms with Gasteiger partial charge < -0.3 is 15.5 Å². The van der Waals surface area contributed by atoms with Gasteiger partial charge in [0.2, 0.25) is 0 Å². The largest absolute Gasteiger partial charge is 0.508 e. The summed E-state index contributed by atoms with van der Waals surface area (Å²) in [5.74, 6) is 0.159. The lowest BCUT2D eigenvalue weighted by Gasteiger charge is -2.14. The molecule has 1 aromatic heterocycles. The summed E-state index contributed by atoms with van der Waals surface area (Å²) in [6.45, 7) is 2.81. The van der Waals surface area contributed by atoms with E-state index in [0.717, 1.165) is 18.5 Å². The molecular weight excluding hydrogens is 242 g/mol. The second-order valence-corrected chi connectivity index (χ2v) is 4.73. The van der Waals surface area contributed by atoms with Gasteiger partial charge in [0.05, 0.1) is 6.20 Å². The number of phenolic OH excluding ortho intramolecular Hbond substituents is 2. The van der Waals surface area contributed by atoms with E-state index in [1.54, 1.807) is 16.8 Å². The molecule has 0 aliphatic heterocycles. The van der Waals surface area contributed by atoms with Gasteiger partial charge in [-0.2, -0.15) is 5.10 Å². The highest BCUT2D eigenvalue weighted by Crippen LogP contribution is 2.24. The molecule has 5 heteroatoms. The lowest BCUT2D eigenvalue weighted by molar-refractivity contribution is 0.446. The van der Waals surface area contributed by atoms with Crippen LogP contribution in [0.25, 0.3) is 0 Å². The van der Waals surface area contributed by atoms with Crippen molar-refractivity contribution in [2.24, 2.45) is 7.05 Å². The van der Waals surface area contributed by atoms with Gasteiger partial charge in [-0.25, -0.2) is 0 Å². The molecule has 0 amide bonds. The molecule has 0 radical (unpaired) electrons. The monoisotopic (exact) mass is 261 g/mol. The molecule has 1 unspecified atom stereocenters. The van der Waals surface area contributed by atoms with E-state index in [0.29, 0.717) is 0 Å². The lowest BCUT2D eigenvalue weighted by Crippen LogP contribution is -2.21. The van der Waals surface area contributed by atoms with Crippen molar-refractivity contribution in [2.45, 2.75) is 19.4 Å². The molecule has 19 heavy (non-hydrogen) atoms. The number of aromatic nitrogens is 2. The summed E-state index contributed by atoms with van der Waals surface area (Å²) in [7, 11) is 1.90. The Morgan fingerprint density at radius 1 is 1.26 bits per heavy atom. The maximum absolute atomic E-state index is 9.45. The van der Waals surface area contributed by atoms with Crippen molar-refractivity contribution in [1.82, 2.24) is 15.1 Å². The number of rotatable bonds is 5. The van der Waals surface area contributed by atoms with Crippen LogP contribution in [0.2, 0.25) is 0 Å². The lowest BCUT2D eigenvalue weighted by atomic mass is 10.1. The molecule has 5 nitrogen and oxygen atoms in total. The third-order valence-electron chi connectivity index (χ3n) is 3.05. The summed E-state index contributed by atoms with van der Waals surface area (Å²) in [5.41, 5.74) is 2.05. The summed E-state index contributed by atoms with van der Waals surface area (Å²) in [5, 5.41) is 26.4. The molecule has 0 spiro atoms. The van der Waals surface area contributed by atoms with Crippen molar-refractivity contribution in [3.05, 3.63) is 41.7 Å². The minimum Gasteiger partial charge on any atom is -0.508 e. The summed E-state index contributed by atoms with van der Waals surface area (Å²) in [6.07, 6.45) is 4.74. The highest BCUT2D eigenvalue weighted by molar-refractivity contribution is 5.37. The Labute approximate surface area is 112 Å². The molecule has 0 fully saturated rings. The first-order valence-electron chi connectivity index (χ1n) is 6.28. The zero-order chi connectivity index (χ0) is 13.8. The van der Waals surface area contributed by atoms with E-state index < -0.39 is 0 Å². The van der Waals surface area contributed by atoms with E-state index >= 15 is 0 Å². The van der Waals surface area contributed by atoms with E-state index in [2.05, 4.69) is 10.4 Å². The van der Waals surface area contributed by atoms with Crippen LogP contribution in [0.15, 0.2) is 30.6 Å². The number of nitrogens with one attached hydrogen (secondary N) is 1. The quantitative estimate of drug-likeness (QED) is 0.766. The standard InChI is InChI=1S/C14H19N3O2/c1-10(12-5-13(18)7-14(19)6-12)15-4-3-11-8-16-17(2)9-11/h5-10,15,18-19H,3-4H2,1-2H3. The minimum atomic E-state index is 0.0645. The molecule has 3 N–H and O–H groups in total. The van der Waals surface area contributed by atoms with Crippen molar-refractivity contribution < 1.29 is 10.2 Å². The Balaban J connectivity index is 1.88. The van der Waals surface area contributed by atoms with E-state index in [-0.39, 0.29) is 17.5 Å². The Morgan fingerprint density at radius 3 is 2.53 bits per heavy atom. The van der Waals surface area contributed by atoms with Crippen LogP contribution in [0, 0.1) is 0 Å². The van der Waals surface area contributed by atoms with Gasteiger partial charge in [0.15, 0.2) is 0 Å². The fourth-order valence-electron chi connectivity index (χ4n) is 2.02. The van der Waals surface area contributed by atoms with Crippen LogP contribution in [0.4, 0.5) is 0 Å². The normalized spacial score (nSPS) is 12.5. The van der Waals surface area contributed by atoms with Gasteiger partial charge in [-0.1, -0.05) is 0 Å². The SMILES string of the molecule is CC(NCCc1cnn(C)c1)c1cc(O)cc(O)c1. The molecule has 0 aliphatic rings. The maximum Gasteiger partial charge on any atom is 0.119 e. The van der Waals surface area contributed by atoms with Crippen LogP contribution in [-0.4, -0.2) is 26.5 Å². The molecule has 0 bridgehead atoms. The van der Waals surface area contributed by atoms with E-state index in [9.17, 15) is 10.2 Å². The third kappa shape index (κ3) is 3.72. The molecule has 1 aromatic carbocycles. The van der Waals surface area contributed by atoms with Crippen LogP contribution in [0.5, 0.6) is 11.5 Å². The molecule has 1 heterocycles. The number of hydrogen-bond acceptors (Lipinski definition) is 4. The first kappa shape index (κ1) is 13.4. The van der Waals surface area contributed by atoms with Crippen molar-refractivity contribution in [3.63, 3.8) is 0 Å². The third-order valence-corrected chi connectivity index (χ3v) is 3.05. The topological polar surface area (TPSA) is 70.3 Å². The van der Waals surface area contributed by atoms with Gasteiger partial charge in [0, 0.05) is 25.4 Å². The Kier molecular flexibility index (Phi) is 4.06. The summed E-state index contributed by atoms with van der Waals surface area (Å²) in [6, 6.07) is 4.70. The number of hydrogen-bond donors (Lipinski definition) is 3. The van der Waals surface area contributed by atoms with Gasteiger partial charge in [-0.15, -0.1) is 0 Å². The van der Waals surface area contributed by atoms with Crippen molar-refractivity contribution in [1.29, 1.82) is 0 Å². The van der Waals surface area contributed by atoms with Crippen LogP contribution in [0.1, 0.15) is 24.1 Å². The zero-order valence-electron chi connectivity index (χ0n) is 11.2. The molecule has 0 saturated carbocycles. The molecule has 2 rings (SSSR count). The predicted molar refractivity (Wildman–Crippen MR) is 73.1 cm³/mol. The summed E-state index contributed by atoms with van der Waals surface area (Å²) in [4.78, 5) is 0. The molecule has 0 saturated heterocycles. The highest BCUT2D eigenvalue weighted by atomic mass is 16.3. The smallest absolute Gasteiger partial charge is 0.119 e. The van der Waals surface area contributed by atoms with E-state index in [1.807, 2.05) is 26.4 Å². The predicted octanol–water partition coefficient (Wildman–Crippen LogP) is 1.72. The van der Waals surface area contributed by atoms with Gasteiger partial charge in [0.25, 0.3) is 0 Å². The molecule has 102 valence electrons. The van der Waals surface area contributed by atoms with E-state index in [4.69, 9.17) is 0 Å². The molecular formula is C14H19N3O2. The first-order valence-corrected chi connectivity index (χ1v) is 6.28. The summed E-state index contributed by atoms with van der Waals surface area (Å²) >= 11 is 0. The van der Waals surface area contributed by atoms with Crippen molar-refractivity contribution >= 4 is 0 Å². The minimum absolute atomic E-state index is 0.0645. The van der Waals surface area contributed by atoms with Gasteiger partial charge in [-0.05, 0) is 43.1 Å². The highest BCUT2D eigenvalue weighted by Gasteiger charge is 2.07. The fourth-order valence-corrected chi connectivity index (χ4v) is 2.02. The van der Waals surface area contributed by atoms with E-state index in [1.165, 1.54) is 11.6 Å². The van der Waals surface area contributed by atoms with Crippen LogP contribution in [0.3, 0.4) is 0 Å². The Hall–Kier alpha value is -2.01. The number of aromatic hydroxyl groups is 2. The van der Waals surface area contributed by atoms with Crippen LogP contribution >= 0.6 is 0 Å². The van der Waals surface area contributed by atoms with Crippen molar-refractivity contribution in [2.75, 3.05) is 6.54 Å². The average Bonchev–Trinajstić information content (AvgIpc) is 2.73. The van der Waals surface area contributed by atoms with Crippen LogP contribution in [-0.2, 0) is 13.5 Å². The molecule has 2 aromatic rings. The number of aryl methyl sites for hydroxylation is 1. The van der Waals surface area contributed by atoms with Crippen molar-refractivity contribution in [3.8, 4) is 11.5 Å². The summed E-state index contributed by atoms with van der Waals surface area (Å²) < 4.78 is 1.78. The van der Waals surface area contributed by atoms with Gasteiger partial charge >= 0.3 is 0 Å². The fraction of sp³-hybridized carbons (Fsp3) is 0.357.